The van der Waals surface area contributed by atoms with E-state index in [4.69, 9.17) is 17.0 Å². The third-order valence-electron chi connectivity index (χ3n) is 1.90. The van der Waals surface area contributed by atoms with Gasteiger partial charge in [0.1, 0.15) is 5.75 Å². The van der Waals surface area contributed by atoms with Gasteiger partial charge in [0, 0.05) is 19.2 Å². The second-order valence-electron chi connectivity index (χ2n) is 3.18. The van der Waals surface area contributed by atoms with E-state index in [2.05, 4.69) is 15.8 Å². The summed E-state index contributed by atoms with van der Waals surface area (Å²) >= 11 is 4.96. The van der Waals surface area contributed by atoms with Gasteiger partial charge in [-0.3, -0.25) is 5.43 Å². The third-order valence-corrected chi connectivity index (χ3v) is 2.13. The van der Waals surface area contributed by atoms with Crippen LogP contribution in [-0.4, -0.2) is 36.7 Å². The maximum Gasteiger partial charge on any atom is 0.187 e. The van der Waals surface area contributed by atoms with E-state index in [1.54, 1.807) is 25.3 Å². The molecule has 1 rings (SSSR count). The van der Waals surface area contributed by atoms with Crippen molar-refractivity contribution < 1.29 is 9.84 Å². The quantitative estimate of drug-likeness (QED) is 0.314. The number of ether oxygens (including phenoxy) is 1. The van der Waals surface area contributed by atoms with E-state index in [9.17, 15) is 5.11 Å². The van der Waals surface area contributed by atoms with E-state index in [-0.39, 0.29) is 5.75 Å². The molecule has 6 heteroatoms. The number of nitrogens with zero attached hydrogens (tertiary/aromatic N) is 1. The fourth-order valence-electron chi connectivity index (χ4n) is 1.06. The summed E-state index contributed by atoms with van der Waals surface area (Å²) in [4.78, 5) is 0. The van der Waals surface area contributed by atoms with Gasteiger partial charge in [0.05, 0.1) is 12.8 Å². The first-order valence-electron chi connectivity index (χ1n) is 5.08. The van der Waals surface area contributed by atoms with Crippen molar-refractivity contribution in [3.8, 4) is 5.75 Å². The summed E-state index contributed by atoms with van der Waals surface area (Å²) in [6, 6.07) is 6.91. The average Bonchev–Trinajstić information content (AvgIpc) is 2.32. The molecule has 0 spiro atoms. The zero-order chi connectivity index (χ0) is 12.5. The first-order chi connectivity index (χ1) is 8.24. The molecule has 3 N–H and O–H groups in total. The van der Waals surface area contributed by atoms with Crippen LogP contribution in [0.1, 0.15) is 5.56 Å². The van der Waals surface area contributed by atoms with Crippen molar-refractivity contribution in [3.63, 3.8) is 0 Å². The Bertz CT molecular complexity index is 396. The van der Waals surface area contributed by atoms with E-state index in [0.29, 0.717) is 23.8 Å². The van der Waals surface area contributed by atoms with Gasteiger partial charge in [0.25, 0.3) is 0 Å². The van der Waals surface area contributed by atoms with E-state index in [1.807, 2.05) is 6.07 Å². The molecule has 0 aliphatic carbocycles. The van der Waals surface area contributed by atoms with Crippen molar-refractivity contribution in [2.45, 2.75) is 0 Å². The summed E-state index contributed by atoms with van der Waals surface area (Å²) < 4.78 is 4.86. The molecule has 1 aromatic carbocycles. The number of para-hydroxylation sites is 1. The fourth-order valence-corrected chi connectivity index (χ4v) is 1.22. The van der Waals surface area contributed by atoms with Crippen LogP contribution >= 0.6 is 12.2 Å². The van der Waals surface area contributed by atoms with Gasteiger partial charge >= 0.3 is 0 Å². The lowest BCUT2D eigenvalue weighted by Crippen LogP contribution is -2.34. The van der Waals surface area contributed by atoms with Crippen molar-refractivity contribution in [1.82, 2.24) is 10.7 Å². The summed E-state index contributed by atoms with van der Waals surface area (Å²) in [5.74, 6) is 0.177. The molecule has 17 heavy (non-hydrogen) atoms. The number of nitrogens with one attached hydrogen (secondary N) is 2. The number of aromatic hydroxyl groups is 1. The van der Waals surface area contributed by atoms with Crippen molar-refractivity contribution in [1.29, 1.82) is 0 Å². The van der Waals surface area contributed by atoms with E-state index >= 15 is 0 Å². The van der Waals surface area contributed by atoms with Crippen molar-refractivity contribution >= 4 is 23.5 Å². The first-order valence-corrected chi connectivity index (χ1v) is 5.48. The normalized spacial score (nSPS) is 10.4. The van der Waals surface area contributed by atoms with E-state index in [1.165, 1.54) is 6.21 Å². The lowest BCUT2D eigenvalue weighted by Gasteiger charge is -2.05. The van der Waals surface area contributed by atoms with Gasteiger partial charge in [-0.15, -0.1) is 0 Å². The van der Waals surface area contributed by atoms with Crippen LogP contribution in [0.4, 0.5) is 0 Å². The summed E-state index contributed by atoms with van der Waals surface area (Å²) in [6.45, 7) is 1.19. The van der Waals surface area contributed by atoms with Gasteiger partial charge in [-0.2, -0.15) is 5.10 Å². The number of thiocarbonyl (C=S) groups is 1. The van der Waals surface area contributed by atoms with Crippen LogP contribution in [0.15, 0.2) is 29.4 Å². The molecule has 0 radical (unpaired) electrons. The van der Waals surface area contributed by atoms with Crippen molar-refractivity contribution in [2.24, 2.45) is 5.10 Å². The average molecular weight is 253 g/mol. The Balaban J connectivity index is 2.35. The topological polar surface area (TPSA) is 65.9 Å². The third kappa shape index (κ3) is 5.28. The lowest BCUT2D eigenvalue weighted by molar-refractivity contribution is 0.204. The van der Waals surface area contributed by atoms with Gasteiger partial charge in [-0.05, 0) is 24.4 Å². The molecule has 0 saturated heterocycles. The van der Waals surface area contributed by atoms with Gasteiger partial charge < -0.3 is 15.2 Å². The van der Waals surface area contributed by atoms with Crippen LogP contribution in [0.2, 0.25) is 0 Å². The number of methoxy groups -OCH3 is 1. The molecule has 0 aliphatic rings. The van der Waals surface area contributed by atoms with E-state index < -0.39 is 0 Å². The SMILES string of the molecule is COCCNC(=S)N/N=C/c1ccccc1O. The summed E-state index contributed by atoms with van der Waals surface area (Å²) in [5, 5.41) is 16.7. The van der Waals surface area contributed by atoms with Gasteiger partial charge in [0.15, 0.2) is 5.11 Å². The number of benzene rings is 1. The maximum absolute atomic E-state index is 9.47. The number of hydrogen-bond acceptors (Lipinski definition) is 4. The minimum Gasteiger partial charge on any atom is -0.507 e. The van der Waals surface area contributed by atoms with Gasteiger partial charge in [-0.25, -0.2) is 0 Å². The zero-order valence-electron chi connectivity index (χ0n) is 9.51. The molecule has 0 fully saturated rings. The van der Waals surface area contributed by atoms with Crippen LogP contribution in [-0.2, 0) is 4.74 Å². The zero-order valence-corrected chi connectivity index (χ0v) is 10.3. The van der Waals surface area contributed by atoms with Crippen molar-refractivity contribution in [2.75, 3.05) is 20.3 Å². The van der Waals surface area contributed by atoms with Crippen molar-refractivity contribution in [3.05, 3.63) is 29.8 Å². The predicted molar refractivity (Wildman–Crippen MR) is 71.3 cm³/mol. The Kier molecular flexibility index (Phi) is 5.98. The smallest absolute Gasteiger partial charge is 0.187 e. The highest BCUT2D eigenvalue weighted by molar-refractivity contribution is 7.80. The molecule has 0 bridgehead atoms. The van der Waals surface area contributed by atoms with Crippen LogP contribution in [0.5, 0.6) is 5.75 Å². The highest BCUT2D eigenvalue weighted by atomic mass is 32.1. The monoisotopic (exact) mass is 253 g/mol. The Labute approximate surface area is 105 Å². The van der Waals surface area contributed by atoms with Crippen LogP contribution in [0.3, 0.4) is 0 Å². The highest BCUT2D eigenvalue weighted by Crippen LogP contribution is 2.12. The van der Waals surface area contributed by atoms with Crippen LogP contribution < -0.4 is 10.7 Å². The number of phenolic OH excluding ortho intramolecular Hbond substituents is 1. The summed E-state index contributed by atoms with van der Waals surface area (Å²) in [5.41, 5.74) is 3.27. The second-order valence-corrected chi connectivity index (χ2v) is 3.59. The largest absolute Gasteiger partial charge is 0.507 e. The molecule has 0 unspecified atom stereocenters. The molecule has 1 aromatic rings. The molecule has 0 saturated carbocycles. The number of hydrogen-bond donors (Lipinski definition) is 3. The van der Waals surface area contributed by atoms with Gasteiger partial charge in [0.2, 0.25) is 0 Å². The Morgan fingerprint density at radius 3 is 3.00 bits per heavy atom. The molecule has 0 heterocycles. The number of phenols is 1. The summed E-state index contributed by atoms with van der Waals surface area (Å²) in [7, 11) is 1.62. The fraction of sp³-hybridized carbons (Fsp3) is 0.273. The van der Waals surface area contributed by atoms with E-state index in [0.717, 1.165) is 0 Å². The Hall–Kier alpha value is -1.66. The molecular formula is C11H15N3O2S. The highest BCUT2D eigenvalue weighted by Gasteiger charge is 1.95. The second kappa shape index (κ2) is 7.59. The molecule has 92 valence electrons. The van der Waals surface area contributed by atoms with Gasteiger partial charge in [-0.1, -0.05) is 12.1 Å². The minimum atomic E-state index is 0.177. The standard InChI is InChI=1S/C11H15N3O2S/c1-16-7-6-12-11(17)14-13-8-9-4-2-3-5-10(9)15/h2-5,8,15H,6-7H2,1H3,(H2,12,14,17)/b13-8+. The maximum atomic E-state index is 9.47. The molecule has 0 aliphatic heterocycles. The van der Waals surface area contributed by atoms with Crippen LogP contribution in [0, 0.1) is 0 Å². The molecule has 0 amide bonds. The predicted octanol–water partition coefficient (Wildman–Crippen LogP) is 0.837. The molecular weight excluding hydrogens is 238 g/mol. The lowest BCUT2D eigenvalue weighted by atomic mass is 10.2. The Morgan fingerprint density at radius 2 is 2.29 bits per heavy atom. The molecule has 0 atom stereocenters. The molecule has 0 aromatic heterocycles. The molecule has 5 nitrogen and oxygen atoms in total. The van der Waals surface area contributed by atoms with Crippen LogP contribution in [0.25, 0.3) is 0 Å². The Morgan fingerprint density at radius 1 is 1.53 bits per heavy atom. The minimum absolute atomic E-state index is 0.177. The summed E-state index contributed by atoms with van der Waals surface area (Å²) in [6.07, 6.45) is 1.50. The number of hydrazone groups is 1. The number of rotatable bonds is 5. The first kappa shape index (κ1) is 13.4.